The Labute approximate surface area is 98.3 Å². The highest BCUT2D eigenvalue weighted by Gasteiger charge is 2.16. The molecule has 1 aromatic rings. The van der Waals surface area contributed by atoms with Crippen LogP contribution in [0.4, 0.5) is 0 Å². The number of hydrogen-bond donors (Lipinski definition) is 1. The standard InChI is InChI=1S/C11H17N3OS/c12-8-11-10(2-1-3-13-11)9-14-4-6-16(15)7-5-14/h1-3H,4-9,12H2. The van der Waals surface area contributed by atoms with Gasteiger partial charge in [0.25, 0.3) is 0 Å². The molecule has 0 bridgehead atoms. The fourth-order valence-electron chi connectivity index (χ4n) is 1.87. The van der Waals surface area contributed by atoms with Crippen LogP contribution >= 0.6 is 0 Å². The molecule has 1 aliphatic heterocycles. The highest BCUT2D eigenvalue weighted by Crippen LogP contribution is 2.10. The van der Waals surface area contributed by atoms with Crippen LogP contribution in [0.1, 0.15) is 11.3 Å². The Balaban J connectivity index is 2.00. The van der Waals surface area contributed by atoms with Crippen molar-refractivity contribution in [1.29, 1.82) is 0 Å². The first-order chi connectivity index (χ1) is 7.79. The summed E-state index contributed by atoms with van der Waals surface area (Å²) >= 11 is 0. The summed E-state index contributed by atoms with van der Waals surface area (Å²) < 4.78 is 11.2. The van der Waals surface area contributed by atoms with Crippen LogP contribution in [0.5, 0.6) is 0 Å². The van der Waals surface area contributed by atoms with Crippen molar-refractivity contribution >= 4 is 10.8 Å². The molecule has 1 aliphatic rings. The highest BCUT2D eigenvalue weighted by molar-refractivity contribution is 7.85. The minimum Gasteiger partial charge on any atom is -0.325 e. The van der Waals surface area contributed by atoms with Gasteiger partial charge in [0, 0.05) is 54.7 Å². The summed E-state index contributed by atoms with van der Waals surface area (Å²) in [5, 5.41) is 0. The van der Waals surface area contributed by atoms with Crippen molar-refractivity contribution in [3.05, 3.63) is 29.6 Å². The molecule has 2 N–H and O–H groups in total. The van der Waals surface area contributed by atoms with Crippen LogP contribution in [-0.4, -0.2) is 38.7 Å². The molecule has 88 valence electrons. The molecule has 0 aliphatic carbocycles. The molecule has 5 heteroatoms. The number of rotatable bonds is 3. The van der Waals surface area contributed by atoms with Gasteiger partial charge in [-0.05, 0) is 11.6 Å². The van der Waals surface area contributed by atoms with Gasteiger partial charge in [-0.25, -0.2) is 0 Å². The molecule has 0 spiro atoms. The quantitative estimate of drug-likeness (QED) is 0.813. The lowest BCUT2D eigenvalue weighted by Gasteiger charge is -2.26. The SMILES string of the molecule is NCc1ncccc1CN1CCS(=O)CC1. The van der Waals surface area contributed by atoms with Gasteiger partial charge in [-0.15, -0.1) is 0 Å². The van der Waals surface area contributed by atoms with Crippen LogP contribution in [0, 0.1) is 0 Å². The number of nitrogens with zero attached hydrogens (tertiary/aromatic N) is 2. The van der Waals surface area contributed by atoms with E-state index in [1.54, 1.807) is 6.20 Å². The molecular formula is C11H17N3OS. The molecule has 1 aromatic heterocycles. The van der Waals surface area contributed by atoms with Crippen LogP contribution in [0.15, 0.2) is 18.3 Å². The van der Waals surface area contributed by atoms with Crippen molar-refractivity contribution in [2.24, 2.45) is 5.73 Å². The Morgan fingerprint density at radius 2 is 2.19 bits per heavy atom. The van der Waals surface area contributed by atoms with E-state index in [-0.39, 0.29) is 0 Å². The maximum absolute atomic E-state index is 11.2. The predicted octanol–water partition coefficient (Wildman–Crippen LogP) is 0.105. The predicted molar refractivity (Wildman–Crippen MR) is 65.3 cm³/mol. The monoisotopic (exact) mass is 239 g/mol. The van der Waals surface area contributed by atoms with E-state index < -0.39 is 10.8 Å². The third-order valence-corrected chi connectivity index (χ3v) is 4.12. The Morgan fingerprint density at radius 1 is 1.44 bits per heavy atom. The summed E-state index contributed by atoms with van der Waals surface area (Å²) in [6.45, 7) is 3.17. The molecule has 1 saturated heterocycles. The van der Waals surface area contributed by atoms with Crippen molar-refractivity contribution in [1.82, 2.24) is 9.88 Å². The largest absolute Gasteiger partial charge is 0.325 e. The third kappa shape index (κ3) is 2.87. The molecule has 0 amide bonds. The van der Waals surface area contributed by atoms with Gasteiger partial charge in [-0.1, -0.05) is 6.07 Å². The van der Waals surface area contributed by atoms with E-state index in [0.29, 0.717) is 6.54 Å². The van der Waals surface area contributed by atoms with Crippen LogP contribution in [0.2, 0.25) is 0 Å². The summed E-state index contributed by atoms with van der Waals surface area (Å²) in [5.74, 6) is 1.58. The van der Waals surface area contributed by atoms with Crippen LogP contribution in [0.25, 0.3) is 0 Å². The number of aromatic nitrogens is 1. The van der Waals surface area contributed by atoms with E-state index in [2.05, 4.69) is 16.0 Å². The van der Waals surface area contributed by atoms with Gasteiger partial charge in [0.15, 0.2) is 0 Å². The maximum Gasteiger partial charge on any atom is 0.0584 e. The molecule has 0 atom stereocenters. The normalized spacial score (nSPS) is 18.8. The van der Waals surface area contributed by atoms with E-state index in [1.165, 1.54) is 5.56 Å². The van der Waals surface area contributed by atoms with Gasteiger partial charge in [-0.2, -0.15) is 0 Å². The Morgan fingerprint density at radius 3 is 2.88 bits per heavy atom. The van der Waals surface area contributed by atoms with Crippen LogP contribution in [-0.2, 0) is 23.9 Å². The van der Waals surface area contributed by atoms with Crippen molar-refractivity contribution < 1.29 is 4.21 Å². The first kappa shape index (κ1) is 11.7. The van der Waals surface area contributed by atoms with E-state index in [0.717, 1.165) is 36.8 Å². The topological polar surface area (TPSA) is 59.2 Å². The van der Waals surface area contributed by atoms with Crippen molar-refractivity contribution in [2.45, 2.75) is 13.1 Å². The molecule has 2 rings (SSSR count). The zero-order valence-corrected chi connectivity index (χ0v) is 10.1. The Bertz CT molecular complexity index is 373. The van der Waals surface area contributed by atoms with Crippen LogP contribution in [0.3, 0.4) is 0 Å². The Kier molecular flexibility index (Phi) is 4.04. The second-order valence-electron chi connectivity index (χ2n) is 3.94. The molecule has 4 nitrogen and oxygen atoms in total. The number of nitrogens with two attached hydrogens (primary N) is 1. The van der Waals surface area contributed by atoms with Crippen LogP contribution < -0.4 is 5.73 Å². The van der Waals surface area contributed by atoms with E-state index >= 15 is 0 Å². The smallest absolute Gasteiger partial charge is 0.0584 e. The summed E-state index contributed by atoms with van der Waals surface area (Å²) in [6, 6.07) is 4.01. The van der Waals surface area contributed by atoms with Gasteiger partial charge >= 0.3 is 0 Å². The highest BCUT2D eigenvalue weighted by atomic mass is 32.2. The number of hydrogen-bond acceptors (Lipinski definition) is 4. The lowest BCUT2D eigenvalue weighted by Crippen LogP contribution is -2.37. The Hall–Kier alpha value is -0.780. The molecule has 1 fully saturated rings. The minimum atomic E-state index is -0.608. The molecule has 0 aromatic carbocycles. The molecule has 0 unspecified atom stereocenters. The second-order valence-corrected chi connectivity index (χ2v) is 5.63. The summed E-state index contributed by atoms with van der Waals surface area (Å²) in [4.78, 5) is 6.58. The average Bonchev–Trinajstić information content (AvgIpc) is 2.33. The van der Waals surface area contributed by atoms with E-state index in [4.69, 9.17) is 5.73 Å². The summed E-state index contributed by atoms with van der Waals surface area (Å²) in [6.07, 6.45) is 1.77. The second kappa shape index (κ2) is 5.52. The molecule has 0 radical (unpaired) electrons. The molecular weight excluding hydrogens is 222 g/mol. The molecule has 2 heterocycles. The van der Waals surface area contributed by atoms with Gasteiger partial charge in [0.1, 0.15) is 0 Å². The fraction of sp³-hybridized carbons (Fsp3) is 0.545. The average molecular weight is 239 g/mol. The lowest BCUT2D eigenvalue weighted by molar-refractivity contribution is 0.290. The van der Waals surface area contributed by atoms with Crippen molar-refractivity contribution in [2.75, 3.05) is 24.6 Å². The fourth-order valence-corrected chi connectivity index (χ4v) is 3.00. The number of pyridine rings is 1. The summed E-state index contributed by atoms with van der Waals surface area (Å²) in [7, 11) is -0.608. The molecule has 0 saturated carbocycles. The zero-order chi connectivity index (χ0) is 11.4. The van der Waals surface area contributed by atoms with E-state index in [1.807, 2.05) is 6.07 Å². The van der Waals surface area contributed by atoms with Crippen molar-refractivity contribution in [3.63, 3.8) is 0 Å². The van der Waals surface area contributed by atoms with E-state index in [9.17, 15) is 4.21 Å². The molecule has 16 heavy (non-hydrogen) atoms. The zero-order valence-electron chi connectivity index (χ0n) is 9.26. The maximum atomic E-state index is 11.2. The van der Waals surface area contributed by atoms with Gasteiger partial charge in [0.2, 0.25) is 0 Å². The van der Waals surface area contributed by atoms with Gasteiger partial charge in [-0.3, -0.25) is 14.1 Å². The van der Waals surface area contributed by atoms with Crippen molar-refractivity contribution in [3.8, 4) is 0 Å². The van der Waals surface area contributed by atoms with Gasteiger partial charge in [0.05, 0.1) is 5.69 Å². The lowest BCUT2D eigenvalue weighted by atomic mass is 10.2. The first-order valence-corrected chi connectivity index (χ1v) is 6.98. The minimum absolute atomic E-state index is 0.482. The van der Waals surface area contributed by atoms with Gasteiger partial charge < -0.3 is 5.73 Å². The third-order valence-electron chi connectivity index (χ3n) is 2.84. The summed E-state index contributed by atoms with van der Waals surface area (Å²) in [5.41, 5.74) is 7.81. The first-order valence-electron chi connectivity index (χ1n) is 5.50.